The predicted molar refractivity (Wildman–Crippen MR) is 130 cm³/mol. The Morgan fingerprint density at radius 1 is 0.886 bits per heavy atom. The lowest BCUT2D eigenvalue weighted by Crippen LogP contribution is -2.22. The summed E-state index contributed by atoms with van der Waals surface area (Å²) >= 11 is 0. The Hall–Kier alpha value is -4.27. The molecule has 182 valence electrons. The van der Waals surface area contributed by atoms with E-state index in [1.807, 2.05) is 6.92 Å². The summed E-state index contributed by atoms with van der Waals surface area (Å²) in [5, 5.41) is 8.13. The van der Waals surface area contributed by atoms with Crippen molar-refractivity contribution < 1.29 is 27.5 Å². The zero-order valence-corrected chi connectivity index (χ0v) is 18.9. The van der Waals surface area contributed by atoms with Gasteiger partial charge in [0.2, 0.25) is 5.91 Å². The summed E-state index contributed by atoms with van der Waals surface area (Å²) in [7, 11) is 0. The van der Waals surface area contributed by atoms with Crippen LogP contribution in [0.25, 0.3) is 0 Å². The van der Waals surface area contributed by atoms with Crippen molar-refractivity contribution in [2.45, 2.75) is 13.1 Å². The van der Waals surface area contributed by atoms with Crippen LogP contribution >= 0.6 is 0 Å². The Labute approximate surface area is 200 Å². The fourth-order valence-corrected chi connectivity index (χ4v) is 3.00. The summed E-state index contributed by atoms with van der Waals surface area (Å²) in [6, 6.07) is 17.6. The summed E-state index contributed by atoms with van der Waals surface area (Å²) in [6.45, 7) is 5.92. The molecule has 0 heterocycles. The average molecular weight is 483 g/mol. The lowest BCUT2D eigenvalue weighted by atomic mass is 10.1. The summed E-state index contributed by atoms with van der Waals surface area (Å²) in [5.74, 6) is -0.303. The molecule has 3 aromatic rings. The van der Waals surface area contributed by atoms with E-state index in [4.69, 9.17) is 4.74 Å². The first kappa shape index (κ1) is 25.4. The van der Waals surface area contributed by atoms with Gasteiger partial charge in [0.25, 0.3) is 5.91 Å². The van der Waals surface area contributed by atoms with E-state index in [0.717, 1.165) is 17.7 Å². The van der Waals surface area contributed by atoms with Gasteiger partial charge in [-0.15, -0.1) is 0 Å². The molecule has 0 aromatic heterocycles. The second-order valence-corrected chi connectivity index (χ2v) is 7.79. The molecule has 0 radical (unpaired) electrons. The lowest BCUT2D eigenvalue weighted by molar-refractivity contribution is -0.137. The molecule has 0 aliphatic rings. The van der Waals surface area contributed by atoms with Crippen molar-refractivity contribution in [3.63, 3.8) is 0 Å². The molecule has 0 spiro atoms. The van der Waals surface area contributed by atoms with Gasteiger partial charge in [-0.2, -0.15) is 13.2 Å². The third kappa shape index (κ3) is 7.92. The molecule has 2 amide bonds. The molecule has 0 unspecified atom stereocenters. The van der Waals surface area contributed by atoms with Gasteiger partial charge in [-0.05, 0) is 61.0 Å². The highest BCUT2D eigenvalue weighted by molar-refractivity contribution is 6.05. The minimum absolute atomic E-state index is 0.0250. The predicted octanol–water partition coefficient (Wildman–Crippen LogP) is 5.96. The molecule has 0 atom stereocenters. The van der Waals surface area contributed by atoms with Crippen molar-refractivity contribution in [2.75, 3.05) is 29.1 Å². The van der Waals surface area contributed by atoms with Gasteiger partial charge < -0.3 is 20.7 Å². The molecule has 0 aliphatic carbocycles. The maximum absolute atomic E-state index is 12.9. The number of amides is 2. The highest BCUT2D eigenvalue weighted by atomic mass is 19.4. The van der Waals surface area contributed by atoms with Gasteiger partial charge in [-0.3, -0.25) is 9.59 Å². The van der Waals surface area contributed by atoms with Crippen LogP contribution in [0.1, 0.15) is 22.8 Å². The Morgan fingerprint density at radius 2 is 1.54 bits per heavy atom. The van der Waals surface area contributed by atoms with Crippen LogP contribution in [-0.4, -0.2) is 25.0 Å². The number of carbonyl (C=O) groups excluding carboxylic acids is 2. The molecule has 9 heteroatoms. The molecular formula is C26H24F3N3O3. The summed E-state index contributed by atoms with van der Waals surface area (Å²) in [6.07, 6.45) is -4.51. The van der Waals surface area contributed by atoms with E-state index in [0.29, 0.717) is 23.7 Å². The van der Waals surface area contributed by atoms with Gasteiger partial charge in [0.05, 0.1) is 12.1 Å². The van der Waals surface area contributed by atoms with E-state index < -0.39 is 17.6 Å². The Balaban J connectivity index is 1.57. The minimum Gasteiger partial charge on any atom is -0.489 e. The van der Waals surface area contributed by atoms with E-state index >= 15 is 0 Å². The number of benzene rings is 3. The van der Waals surface area contributed by atoms with Crippen LogP contribution in [0.5, 0.6) is 5.75 Å². The van der Waals surface area contributed by atoms with E-state index in [1.54, 1.807) is 36.4 Å². The number of carbonyl (C=O) groups is 2. The van der Waals surface area contributed by atoms with Crippen molar-refractivity contribution in [3.05, 3.63) is 96.1 Å². The van der Waals surface area contributed by atoms with Crippen molar-refractivity contribution in [1.29, 1.82) is 0 Å². The van der Waals surface area contributed by atoms with Crippen molar-refractivity contribution in [2.24, 2.45) is 0 Å². The van der Waals surface area contributed by atoms with Gasteiger partial charge in [0, 0.05) is 28.7 Å². The second-order valence-electron chi connectivity index (χ2n) is 7.79. The molecule has 0 fully saturated rings. The number of hydrogen-bond acceptors (Lipinski definition) is 4. The van der Waals surface area contributed by atoms with Gasteiger partial charge in [-0.1, -0.05) is 24.8 Å². The second kappa shape index (κ2) is 11.2. The molecule has 0 saturated carbocycles. The molecule has 0 aliphatic heterocycles. The Kier molecular flexibility index (Phi) is 8.14. The van der Waals surface area contributed by atoms with E-state index in [-0.39, 0.29) is 23.7 Å². The van der Waals surface area contributed by atoms with E-state index in [2.05, 4.69) is 22.5 Å². The summed E-state index contributed by atoms with van der Waals surface area (Å²) < 4.78 is 44.2. The molecule has 3 aromatic carbocycles. The molecule has 3 rings (SSSR count). The first-order valence-electron chi connectivity index (χ1n) is 10.6. The normalized spacial score (nSPS) is 10.9. The first-order chi connectivity index (χ1) is 16.6. The largest absolute Gasteiger partial charge is 0.489 e. The van der Waals surface area contributed by atoms with Crippen molar-refractivity contribution in [1.82, 2.24) is 0 Å². The SMILES string of the molecule is C=C(C)COc1cccc(NC(=O)CNc2cccc(C(=O)Nc3cccc(C(F)(F)F)c3)c2)c1. The lowest BCUT2D eigenvalue weighted by Gasteiger charge is -2.12. The van der Waals surface area contributed by atoms with Crippen LogP contribution in [0, 0.1) is 0 Å². The van der Waals surface area contributed by atoms with E-state index in [9.17, 15) is 22.8 Å². The van der Waals surface area contributed by atoms with Crippen LogP contribution in [0.2, 0.25) is 0 Å². The minimum atomic E-state index is -4.51. The van der Waals surface area contributed by atoms with Crippen LogP contribution in [0.4, 0.5) is 30.2 Å². The molecule has 35 heavy (non-hydrogen) atoms. The number of rotatable bonds is 9. The average Bonchev–Trinajstić information content (AvgIpc) is 2.81. The Morgan fingerprint density at radius 3 is 2.26 bits per heavy atom. The third-order valence-electron chi connectivity index (χ3n) is 4.63. The fourth-order valence-electron chi connectivity index (χ4n) is 3.00. The van der Waals surface area contributed by atoms with Crippen LogP contribution in [0.3, 0.4) is 0 Å². The van der Waals surface area contributed by atoms with Gasteiger partial charge >= 0.3 is 6.18 Å². The van der Waals surface area contributed by atoms with Crippen molar-refractivity contribution >= 4 is 28.9 Å². The number of nitrogens with one attached hydrogen (secondary N) is 3. The standard InChI is InChI=1S/C26H24F3N3O3/c1-17(2)16-35-23-11-5-10-22(14-23)31-24(33)15-30-20-8-3-6-18(12-20)25(34)32-21-9-4-7-19(13-21)26(27,28)29/h3-14,30H,1,15-16H2,2H3,(H,31,33)(H,32,34). The van der Waals surface area contributed by atoms with Crippen molar-refractivity contribution in [3.8, 4) is 5.75 Å². The topological polar surface area (TPSA) is 79.5 Å². The molecular weight excluding hydrogens is 459 g/mol. The zero-order valence-electron chi connectivity index (χ0n) is 18.9. The fraction of sp³-hybridized carbons (Fsp3) is 0.154. The van der Waals surface area contributed by atoms with Crippen LogP contribution in [-0.2, 0) is 11.0 Å². The summed E-state index contributed by atoms with van der Waals surface area (Å²) in [5.41, 5.74) is 1.31. The molecule has 3 N–H and O–H groups in total. The quantitative estimate of drug-likeness (QED) is 0.328. The maximum Gasteiger partial charge on any atom is 0.416 e. The molecule has 0 saturated heterocycles. The number of ether oxygens (including phenoxy) is 1. The zero-order chi connectivity index (χ0) is 25.4. The van der Waals surface area contributed by atoms with Crippen LogP contribution < -0.4 is 20.7 Å². The third-order valence-corrected chi connectivity index (χ3v) is 4.63. The van der Waals surface area contributed by atoms with Crippen LogP contribution in [0.15, 0.2) is 84.9 Å². The number of halogens is 3. The van der Waals surface area contributed by atoms with Gasteiger partial charge in [0.1, 0.15) is 12.4 Å². The Bertz CT molecular complexity index is 1230. The maximum atomic E-state index is 12.9. The van der Waals surface area contributed by atoms with Gasteiger partial charge in [0.15, 0.2) is 0 Å². The molecule has 6 nitrogen and oxygen atoms in total. The number of alkyl halides is 3. The molecule has 0 bridgehead atoms. The summed E-state index contributed by atoms with van der Waals surface area (Å²) in [4.78, 5) is 24.9. The smallest absolute Gasteiger partial charge is 0.416 e. The number of hydrogen-bond donors (Lipinski definition) is 3. The van der Waals surface area contributed by atoms with E-state index in [1.165, 1.54) is 24.3 Å². The first-order valence-corrected chi connectivity index (χ1v) is 10.6. The van der Waals surface area contributed by atoms with Gasteiger partial charge in [-0.25, -0.2) is 0 Å². The number of anilines is 3. The monoisotopic (exact) mass is 483 g/mol. The highest BCUT2D eigenvalue weighted by Crippen LogP contribution is 2.30. The highest BCUT2D eigenvalue weighted by Gasteiger charge is 2.30.